The number of ether oxygens (including phenoxy) is 1. The summed E-state index contributed by atoms with van der Waals surface area (Å²) in [5.41, 5.74) is 0.369. The molecular formula is C21H26N4O3. The molecule has 148 valence electrons. The fourth-order valence-electron chi connectivity index (χ4n) is 3.58. The third-order valence-electron chi connectivity index (χ3n) is 5.02. The van der Waals surface area contributed by atoms with Gasteiger partial charge in [-0.05, 0) is 31.7 Å². The van der Waals surface area contributed by atoms with Gasteiger partial charge in [0.05, 0.1) is 12.0 Å². The van der Waals surface area contributed by atoms with E-state index in [9.17, 15) is 9.59 Å². The van der Waals surface area contributed by atoms with E-state index in [0.717, 1.165) is 12.0 Å². The number of piperidine rings is 1. The van der Waals surface area contributed by atoms with Crippen molar-refractivity contribution in [2.75, 3.05) is 19.7 Å². The number of allylic oxidation sites excluding steroid dienone is 1. The Hall–Kier alpha value is -2.96. The lowest BCUT2D eigenvalue weighted by molar-refractivity contribution is -0.160. The number of carbonyl (C=O) groups is 2. The van der Waals surface area contributed by atoms with Crippen LogP contribution in [0, 0.1) is 5.41 Å². The highest BCUT2D eigenvalue weighted by Gasteiger charge is 2.43. The van der Waals surface area contributed by atoms with E-state index in [4.69, 9.17) is 4.74 Å². The normalized spacial score (nSPS) is 19.7. The van der Waals surface area contributed by atoms with Crippen molar-refractivity contribution in [1.82, 2.24) is 19.7 Å². The number of aromatic nitrogens is 3. The molecule has 1 saturated heterocycles. The van der Waals surface area contributed by atoms with Crippen LogP contribution in [0.25, 0.3) is 6.08 Å². The Bertz CT molecular complexity index is 804. The molecule has 0 saturated carbocycles. The molecule has 0 N–H and O–H groups in total. The highest BCUT2D eigenvalue weighted by Crippen LogP contribution is 2.36. The molecule has 1 aromatic carbocycles. The Labute approximate surface area is 165 Å². The standard InChI is InChI=1S/C21H26N4O3/c1-2-28-20(27)21(11-6-10-18-8-4-3-5-9-18)12-7-13-24(15-21)19(26)14-25-17-22-16-23-25/h3-6,8-10,16-17H,2,7,11-15H2,1H3/b10-6+/t21-/m1/s1. The molecule has 0 aliphatic carbocycles. The lowest BCUT2D eigenvalue weighted by Gasteiger charge is -2.40. The summed E-state index contributed by atoms with van der Waals surface area (Å²) in [5.74, 6) is -0.295. The fourth-order valence-corrected chi connectivity index (χ4v) is 3.58. The van der Waals surface area contributed by atoms with Crippen molar-refractivity contribution in [3.8, 4) is 0 Å². The second-order valence-corrected chi connectivity index (χ2v) is 7.03. The van der Waals surface area contributed by atoms with Gasteiger partial charge in [0.2, 0.25) is 5.91 Å². The molecule has 28 heavy (non-hydrogen) atoms. The van der Waals surface area contributed by atoms with Crippen molar-refractivity contribution < 1.29 is 14.3 Å². The minimum atomic E-state index is -0.711. The second kappa shape index (κ2) is 9.30. The number of benzene rings is 1. The minimum Gasteiger partial charge on any atom is -0.466 e. The van der Waals surface area contributed by atoms with E-state index in [0.29, 0.717) is 32.5 Å². The second-order valence-electron chi connectivity index (χ2n) is 7.03. The van der Waals surface area contributed by atoms with Gasteiger partial charge >= 0.3 is 5.97 Å². The first kappa shape index (κ1) is 19.8. The summed E-state index contributed by atoms with van der Waals surface area (Å²) >= 11 is 0. The van der Waals surface area contributed by atoms with Gasteiger partial charge in [-0.1, -0.05) is 42.5 Å². The van der Waals surface area contributed by atoms with E-state index in [1.54, 1.807) is 4.90 Å². The van der Waals surface area contributed by atoms with Crippen LogP contribution in [0.3, 0.4) is 0 Å². The van der Waals surface area contributed by atoms with E-state index in [-0.39, 0.29) is 18.4 Å². The van der Waals surface area contributed by atoms with Crippen molar-refractivity contribution in [2.24, 2.45) is 5.41 Å². The van der Waals surface area contributed by atoms with Crippen molar-refractivity contribution in [3.63, 3.8) is 0 Å². The minimum absolute atomic E-state index is 0.0640. The molecule has 2 heterocycles. The van der Waals surface area contributed by atoms with Crippen LogP contribution in [0.5, 0.6) is 0 Å². The van der Waals surface area contributed by atoms with Gasteiger partial charge in [-0.15, -0.1) is 0 Å². The zero-order valence-electron chi connectivity index (χ0n) is 16.2. The number of amides is 1. The zero-order valence-corrected chi connectivity index (χ0v) is 16.2. The Morgan fingerprint density at radius 2 is 2.11 bits per heavy atom. The van der Waals surface area contributed by atoms with Crippen molar-refractivity contribution >= 4 is 18.0 Å². The van der Waals surface area contributed by atoms with Gasteiger partial charge in [0.25, 0.3) is 0 Å². The van der Waals surface area contributed by atoms with Crippen LogP contribution in [0.15, 0.2) is 49.1 Å². The molecule has 1 atom stereocenters. The lowest BCUT2D eigenvalue weighted by Crippen LogP contribution is -2.51. The number of esters is 1. The molecule has 0 spiro atoms. The van der Waals surface area contributed by atoms with Crippen molar-refractivity contribution in [2.45, 2.75) is 32.7 Å². The fraction of sp³-hybridized carbons (Fsp3) is 0.429. The summed E-state index contributed by atoms with van der Waals surface area (Å²) in [6, 6.07) is 9.96. The van der Waals surface area contributed by atoms with Gasteiger partial charge in [0.15, 0.2) is 0 Å². The van der Waals surface area contributed by atoms with Crippen LogP contribution in [0.1, 0.15) is 31.7 Å². The largest absolute Gasteiger partial charge is 0.466 e. The van der Waals surface area contributed by atoms with E-state index in [1.165, 1.54) is 17.3 Å². The summed E-state index contributed by atoms with van der Waals surface area (Å²) in [6.45, 7) is 3.26. The molecule has 1 aliphatic rings. The molecule has 7 nitrogen and oxygen atoms in total. The van der Waals surface area contributed by atoms with E-state index in [2.05, 4.69) is 10.1 Å². The average Bonchev–Trinajstić information content (AvgIpc) is 3.22. The summed E-state index contributed by atoms with van der Waals surface area (Å²) in [4.78, 5) is 31.1. The summed E-state index contributed by atoms with van der Waals surface area (Å²) in [6.07, 6.45) is 8.95. The predicted molar refractivity (Wildman–Crippen MR) is 105 cm³/mol. The van der Waals surface area contributed by atoms with Crippen LogP contribution in [0.2, 0.25) is 0 Å². The third kappa shape index (κ3) is 4.85. The highest BCUT2D eigenvalue weighted by atomic mass is 16.5. The monoisotopic (exact) mass is 382 g/mol. The van der Waals surface area contributed by atoms with Crippen LogP contribution < -0.4 is 0 Å². The average molecular weight is 382 g/mol. The first-order valence-corrected chi connectivity index (χ1v) is 9.62. The number of nitrogens with zero attached hydrogens (tertiary/aromatic N) is 4. The zero-order chi connectivity index (χ0) is 19.8. The molecule has 0 radical (unpaired) electrons. The highest BCUT2D eigenvalue weighted by molar-refractivity contribution is 5.81. The molecule has 7 heteroatoms. The molecule has 0 unspecified atom stereocenters. The molecule has 2 aromatic rings. The van der Waals surface area contributed by atoms with Gasteiger partial charge in [-0.3, -0.25) is 9.59 Å². The SMILES string of the molecule is CCOC(=O)[C@]1(C/C=C/c2ccccc2)CCCN(C(=O)Cn2cncn2)C1. The van der Waals surface area contributed by atoms with E-state index < -0.39 is 5.41 Å². The summed E-state index contributed by atoms with van der Waals surface area (Å²) in [5, 5.41) is 3.99. The lowest BCUT2D eigenvalue weighted by atomic mass is 9.76. The molecule has 0 bridgehead atoms. The van der Waals surface area contributed by atoms with Gasteiger partial charge in [0, 0.05) is 13.1 Å². The molecule has 3 rings (SSSR count). The molecule has 1 aliphatic heterocycles. The predicted octanol–water partition coefficient (Wildman–Crippen LogP) is 2.55. The number of hydrogen-bond acceptors (Lipinski definition) is 5. The first-order chi connectivity index (χ1) is 13.6. The Morgan fingerprint density at radius 3 is 2.82 bits per heavy atom. The third-order valence-corrected chi connectivity index (χ3v) is 5.02. The molecule has 1 aromatic heterocycles. The van der Waals surface area contributed by atoms with Gasteiger partial charge in [-0.25, -0.2) is 9.67 Å². The smallest absolute Gasteiger partial charge is 0.314 e. The van der Waals surface area contributed by atoms with Crippen LogP contribution in [-0.2, 0) is 20.9 Å². The van der Waals surface area contributed by atoms with Crippen LogP contribution in [-0.4, -0.2) is 51.2 Å². The maximum Gasteiger partial charge on any atom is 0.314 e. The topological polar surface area (TPSA) is 77.3 Å². The number of hydrogen-bond donors (Lipinski definition) is 0. The summed E-state index contributed by atoms with van der Waals surface area (Å²) in [7, 11) is 0. The number of carbonyl (C=O) groups excluding carboxylic acids is 2. The van der Waals surface area contributed by atoms with Crippen molar-refractivity contribution in [1.29, 1.82) is 0 Å². The van der Waals surface area contributed by atoms with E-state index >= 15 is 0 Å². The van der Waals surface area contributed by atoms with Crippen molar-refractivity contribution in [3.05, 3.63) is 54.6 Å². The number of rotatable bonds is 7. The van der Waals surface area contributed by atoms with E-state index in [1.807, 2.05) is 49.4 Å². The molecular weight excluding hydrogens is 356 g/mol. The maximum absolute atomic E-state index is 12.8. The van der Waals surface area contributed by atoms with Gasteiger partial charge in [0.1, 0.15) is 19.2 Å². The Morgan fingerprint density at radius 1 is 1.29 bits per heavy atom. The summed E-state index contributed by atoms with van der Waals surface area (Å²) < 4.78 is 6.88. The molecule has 1 fully saturated rings. The first-order valence-electron chi connectivity index (χ1n) is 9.62. The Kier molecular flexibility index (Phi) is 6.57. The van der Waals surface area contributed by atoms with Crippen LogP contribution in [0.4, 0.5) is 0 Å². The maximum atomic E-state index is 12.8. The van der Waals surface area contributed by atoms with Gasteiger partial charge in [-0.2, -0.15) is 5.10 Å². The quantitative estimate of drug-likeness (QED) is 0.688. The van der Waals surface area contributed by atoms with Crippen LogP contribution >= 0.6 is 0 Å². The molecule has 1 amide bonds. The Balaban J connectivity index is 1.73. The van der Waals surface area contributed by atoms with Gasteiger partial charge < -0.3 is 9.64 Å². The number of likely N-dealkylation sites (tertiary alicyclic amines) is 1.